The van der Waals surface area contributed by atoms with E-state index in [0.717, 1.165) is 16.5 Å². The Kier molecular flexibility index (Phi) is 5.76. The van der Waals surface area contributed by atoms with Gasteiger partial charge < -0.3 is 25.5 Å². The first-order valence-electron chi connectivity index (χ1n) is 8.57. The van der Waals surface area contributed by atoms with Gasteiger partial charge in [0.1, 0.15) is 0 Å². The summed E-state index contributed by atoms with van der Waals surface area (Å²) < 4.78 is 11.1. The topological polar surface area (TPSA) is 89.4 Å². The van der Waals surface area contributed by atoms with Crippen molar-refractivity contribution in [2.24, 2.45) is 5.73 Å². The highest BCUT2D eigenvalue weighted by molar-refractivity contribution is 5.98. The van der Waals surface area contributed by atoms with Crippen LogP contribution in [0, 0.1) is 0 Å². The van der Waals surface area contributed by atoms with E-state index < -0.39 is 0 Å². The molecule has 26 heavy (non-hydrogen) atoms. The van der Waals surface area contributed by atoms with Crippen LogP contribution < -0.4 is 20.5 Å². The van der Waals surface area contributed by atoms with Crippen molar-refractivity contribution >= 4 is 16.8 Å². The molecule has 3 aromatic rings. The number of rotatable bonds is 8. The summed E-state index contributed by atoms with van der Waals surface area (Å²) in [7, 11) is 1.55. The van der Waals surface area contributed by atoms with Crippen LogP contribution in [-0.4, -0.2) is 31.2 Å². The minimum atomic E-state index is -0.209. The van der Waals surface area contributed by atoms with Gasteiger partial charge in [0.25, 0.3) is 5.91 Å². The minimum Gasteiger partial charge on any atom is -0.493 e. The summed E-state index contributed by atoms with van der Waals surface area (Å²) in [5.41, 5.74) is 8.06. The molecule has 1 heterocycles. The fourth-order valence-electron chi connectivity index (χ4n) is 2.84. The van der Waals surface area contributed by atoms with Gasteiger partial charge in [-0.25, -0.2) is 0 Å². The second kappa shape index (κ2) is 8.40. The van der Waals surface area contributed by atoms with Gasteiger partial charge in [-0.1, -0.05) is 18.2 Å². The number of para-hydroxylation sites is 1. The van der Waals surface area contributed by atoms with Crippen molar-refractivity contribution in [2.45, 2.75) is 13.0 Å². The fraction of sp³-hybridized carbons (Fsp3) is 0.250. The first-order valence-corrected chi connectivity index (χ1v) is 8.57. The number of hydrogen-bond donors (Lipinski definition) is 3. The number of ether oxygens (including phenoxy) is 2. The van der Waals surface area contributed by atoms with Gasteiger partial charge >= 0.3 is 0 Å². The number of carbonyl (C=O) groups excluding carboxylic acids is 1. The van der Waals surface area contributed by atoms with Crippen LogP contribution in [0.2, 0.25) is 0 Å². The highest BCUT2D eigenvalue weighted by Crippen LogP contribution is 2.31. The monoisotopic (exact) mass is 353 g/mol. The number of hydrogen-bond acceptors (Lipinski definition) is 4. The van der Waals surface area contributed by atoms with Crippen molar-refractivity contribution in [1.29, 1.82) is 0 Å². The van der Waals surface area contributed by atoms with E-state index in [0.29, 0.717) is 43.2 Å². The van der Waals surface area contributed by atoms with Crippen molar-refractivity contribution in [3.05, 3.63) is 59.8 Å². The van der Waals surface area contributed by atoms with Gasteiger partial charge in [0.2, 0.25) is 0 Å². The third-order valence-corrected chi connectivity index (χ3v) is 4.16. The summed E-state index contributed by atoms with van der Waals surface area (Å²) in [6.07, 6.45) is 2.59. The molecule has 136 valence electrons. The van der Waals surface area contributed by atoms with Gasteiger partial charge in [-0.2, -0.15) is 0 Å². The molecule has 4 N–H and O–H groups in total. The zero-order valence-corrected chi connectivity index (χ0v) is 14.7. The Hall–Kier alpha value is -2.99. The third-order valence-electron chi connectivity index (χ3n) is 4.16. The average molecular weight is 353 g/mol. The predicted molar refractivity (Wildman–Crippen MR) is 102 cm³/mol. The summed E-state index contributed by atoms with van der Waals surface area (Å²) >= 11 is 0. The third kappa shape index (κ3) is 3.81. The smallest absolute Gasteiger partial charge is 0.255 e. The number of fused-ring (bicyclic) bond motifs is 1. The maximum Gasteiger partial charge on any atom is 0.255 e. The molecule has 1 amide bonds. The number of aromatic amines is 1. The Morgan fingerprint density at radius 3 is 2.85 bits per heavy atom. The molecule has 1 aromatic heterocycles. The Bertz CT molecular complexity index is 889. The maximum absolute atomic E-state index is 12.7. The van der Waals surface area contributed by atoms with Crippen molar-refractivity contribution in [3.8, 4) is 11.5 Å². The second-order valence-corrected chi connectivity index (χ2v) is 5.87. The van der Waals surface area contributed by atoms with Crippen LogP contribution in [0.5, 0.6) is 11.5 Å². The van der Waals surface area contributed by atoms with Crippen LogP contribution in [0.3, 0.4) is 0 Å². The zero-order chi connectivity index (χ0) is 18.4. The highest BCUT2D eigenvalue weighted by Gasteiger charge is 2.17. The van der Waals surface area contributed by atoms with Crippen molar-refractivity contribution in [2.75, 3.05) is 20.3 Å². The van der Waals surface area contributed by atoms with Crippen molar-refractivity contribution < 1.29 is 14.3 Å². The SMILES string of the molecule is COc1cccc(C(=O)NCc2cccc3[nH]ccc23)c1OCCCN. The number of nitrogens with two attached hydrogens (primary N) is 1. The lowest BCUT2D eigenvalue weighted by molar-refractivity contribution is 0.0946. The maximum atomic E-state index is 12.7. The van der Waals surface area contributed by atoms with E-state index >= 15 is 0 Å². The van der Waals surface area contributed by atoms with Crippen molar-refractivity contribution in [1.82, 2.24) is 10.3 Å². The van der Waals surface area contributed by atoms with E-state index in [1.807, 2.05) is 30.5 Å². The molecule has 0 aliphatic heterocycles. The van der Waals surface area contributed by atoms with E-state index in [4.69, 9.17) is 15.2 Å². The molecule has 0 saturated carbocycles. The van der Waals surface area contributed by atoms with Gasteiger partial charge in [0.05, 0.1) is 19.3 Å². The predicted octanol–water partition coefficient (Wildman–Crippen LogP) is 2.83. The summed E-state index contributed by atoms with van der Waals surface area (Å²) in [5.74, 6) is 0.766. The molecule has 0 atom stereocenters. The number of amides is 1. The number of aromatic nitrogens is 1. The van der Waals surface area contributed by atoms with Crippen LogP contribution in [0.15, 0.2) is 48.7 Å². The Morgan fingerprint density at radius 1 is 1.19 bits per heavy atom. The van der Waals surface area contributed by atoms with E-state index in [1.165, 1.54) is 0 Å². The van der Waals surface area contributed by atoms with Crippen LogP contribution >= 0.6 is 0 Å². The first-order chi connectivity index (χ1) is 12.7. The van der Waals surface area contributed by atoms with Crippen LogP contribution in [0.4, 0.5) is 0 Å². The molecule has 0 spiro atoms. The molecule has 0 bridgehead atoms. The van der Waals surface area contributed by atoms with Gasteiger partial charge in [-0.3, -0.25) is 4.79 Å². The van der Waals surface area contributed by atoms with E-state index in [2.05, 4.69) is 10.3 Å². The van der Waals surface area contributed by atoms with Gasteiger partial charge in [-0.15, -0.1) is 0 Å². The number of methoxy groups -OCH3 is 1. The quantitative estimate of drug-likeness (QED) is 0.543. The summed E-state index contributed by atoms with van der Waals surface area (Å²) in [4.78, 5) is 15.9. The van der Waals surface area contributed by atoms with E-state index in [1.54, 1.807) is 25.3 Å². The van der Waals surface area contributed by atoms with Crippen LogP contribution in [0.1, 0.15) is 22.3 Å². The van der Waals surface area contributed by atoms with Gasteiger partial charge in [0.15, 0.2) is 11.5 Å². The largest absolute Gasteiger partial charge is 0.493 e. The number of carbonyl (C=O) groups is 1. The summed E-state index contributed by atoms with van der Waals surface area (Å²) in [6.45, 7) is 1.38. The molecular weight excluding hydrogens is 330 g/mol. The minimum absolute atomic E-state index is 0.209. The standard InChI is InChI=1S/C20H23N3O3/c1-25-18-8-3-6-16(19(18)26-12-4-10-21)20(24)23-13-14-5-2-7-17-15(14)9-11-22-17/h2-3,5-9,11,22H,4,10,12-13,21H2,1H3,(H,23,24). The van der Waals surface area contributed by atoms with Crippen LogP contribution in [-0.2, 0) is 6.54 Å². The molecule has 0 radical (unpaired) electrons. The van der Waals surface area contributed by atoms with Crippen LogP contribution in [0.25, 0.3) is 10.9 Å². The van der Waals surface area contributed by atoms with Gasteiger partial charge in [-0.05, 0) is 42.8 Å². The average Bonchev–Trinajstić information content (AvgIpc) is 3.15. The second-order valence-electron chi connectivity index (χ2n) is 5.87. The molecule has 0 aliphatic carbocycles. The molecule has 6 heteroatoms. The Labute approximate surface area is 152 Å². The molecule has 0 unspecified atom stereocenters. The van der Waals surface area contributed by atoms with Gasteiger partial charge in [0, 0.05) is 23.6 Å². The number of H-pyrrole nitrogens is 1. The summed E-state index contributed by atoms with van der Waals surface area (Å²) in [5, 5.41) is 4.06. The molecule has 2 aromatic carbocycles. The number of nitrogens with one attached hydrogen (secondary N) is 2. The molecule has 3 rings (SSSR count). The fourth-order valence-corrected chi connectivity index (χ4v) is 2.84. The lowest BCUT2D eigenvalue weighted by Gasteiger charge is -2.15. The molecular formula is C20H23N3O3. The Balaban J connectivity index is 1.77. The first kappa shape index (κ1) is 17.8. The highest BCUT2D eigenvalue weighted by atomic mass is 16.5. The normalized spacial score (nSPS) is 10.7. The molecule has 0 saturated heterocycles. The molecule has 0 fully saturated rings. The zero-order valence-electron chi connectivity index (χ0n) is 14.7. The molecule has 6 nitrogen and oxygen atoms in total. The lowest BCUT2D eigenvalue weighted by atomic mass is 10.1. The molecule has 0 aliphatic rings. The van der Waals surface area contributed by atoms with E-state index in [-0.39, 0.29) is 5.91 Å². The lowest BCUT2D eigenvalue weighted by Crippen LogP contribution is -2.24. The van der Waals surface area contributed by atoms with E-state index in [9.17, 15) is 4.79 Å². The van der Waals surface area contributed by atoms with Crippen molar-refractivity contribution in [3.63, 3.8) is 0 Å². The summed E-state index contributed by atoms with van der Waals surface area (Å²) in [6, 6.07) is 13.3. The number of benzene rings is 2. The Morgan fingerprint density at radius 2 is 2.04 bits per heavy atom.